The van der Waals surface area contributed by atoms with Crippen molar-refractivity contribution in [3.8, 4) is 5.75 Å². The number of ether oxygens (including phenoxy) is 1. The van der Waals surface area contributed by atoms with Gasteiger partial charge in [0, 0.05) is 6.04 Å². The Hall–Kier alpha value is -1.06. The van der Waals surface area contributed by atoms with Gasteiger partial charge in [-0.05, 0) is 68.3 Å². The molecule has 3 rings (SSSR count). The fourth-order valence-corrected chi connectivity index (χ4v) is 3.71. The van der Waals surface area contributed by atoms with Crippen molar-refractivity contribution in [2.45, 2.75) is 70.1 Å². The molecule has 0 radical (unpaired) electrons. The van der Waals surface area contributed by atoms with Crippen molar-refractivity contribution in [3.05, 3.63) is 29.3 Å². The van der Waals surface area contributed by atoms with Gasteiger partial charge in [-0.2, -0.15) is 0 Å². The van der Waals surface area contributed by atoms with E-state index in [1.54, 1.807) is 0 Å². The van der Waals surface area contributed by atoms with E-state index in [0.717, 1.165) is 44.4 Å². The van der Waals surface area contributed by atoms with Crippen LogP contribution in [0.3, 0.4) is 0 Å². The van der Waals surface area contributed by atoms with Crippen molar-refractivity contribution in [2.24, 2.45) is 0 Å². The molecule has 2 N–H and O–H groups in total. The highest BCUT2D eigenvalue weighted by Crippen LogP contribution is 2.33. The molecule has 0 aliphatic heterocycles. The Balaban J connectivity index is 1.73. The van der Waals surface area contributed by atoms with E-state index >= 15 is 0 Å². The number of aliphatic hydroxyl groups excluding tert-OH is 1. The number of hydrogen-bond donors (Lipinski definition) is 2. The third-order valence-electron chi connectivity index (χ3n) is 4.83. The summed E-state index contributed by atoms with van der Waals surface area (Å²) >= 11 is 0. The van der Waals surface area contributed by atoms with Crippen LogP contribution in [0.1, 0.15) is 62.6 Å². The van der Waals surface area contributed by atoms with Gasteiger partial charge in [-0.1, -0.05) is 19.4 Å². The van der Waals surface area contributed by atoms with Crippen LogP contribution in [0.4, 0.5) is 0 Å². The lowest BCUT2D eigenvalue weighted by Crippen LogP contribution is -2.34. The first kappa shape index (κ1) is 14.9. The van der Waals surface area contributed by atoms with Gasteiger partial charge in [0.2, 0.25) is 0 Å². The summed E-state index contributed by atoms with van der Waals surface area (Å²) in [5, 5.41) is 13.6. The molecular formula is C18H27NO2. The summed E-state index contributed by atoms with van der Waals surface area (Å²) in [5.41, 5.74) is 2.84. The molecule has 3 atom stereocenters. The minimum atomic E-state index is -0.302. The maximum atomic E-state index is 10.0. The molecular weight excluding hydrogens is 262 g/mol. The second kappa shape index (κ2) is 6.80. The quantitative estimate of drug-likeness (QED) is 0.893. The number of fused-ring (bicyclic) bond motifs is 1. The molecule has 2 aliphatic carbocycles. The molecule has 1 fully saturated rings. The minimum absolute atomic E-state index is 0.0232. The molecule has 1 saturated carbocycles. The molecule has 0 spiro atoms. The summed E-state index contributed by atoms with van der Waals surface area (Å²) in [4.78, 5) is 0. The first-order chi connectivity index (χ1) is 10.3. The van der Waals surface area contributed by atoms with Gasteiger partial charge in [0.25, 0.3) is 0 Å². The van der Waals surface area contributed by atoms with Crippen LogP contribution in [-0.2, 0) is 6.42 Å². The first-order valence-electron chi connectivity index (χ1n) is 8.49. The van der Waals surface area contributed by atoms with Gasteiger partial charge >= 0.3 is 0 Å². The van der Waals surface area contributed by atoms with Gasteiger partial charge in [-0.15, -0.1) is 0 Å². The number of nitrogens with one attached hydrogen (secondary N) is 1. The van der Waals surface area contributed by atoms with Crippen molar-refractivity contribution in [1.29, 1.82) is 0 Å². The van der Waals surface area contributed by atoms with Crippen LogP contribution in [-0.4, -0.2) is 23.9 Å². The minimum Gasteiger partial charge on any atom is -0.488 e. The number of aryl methyl sites for hydroxylation is 1. The summed E-state index contributed by atoms with van der Waals surface area (Å²) < 4.78 is 6.06. The zero-order chi connectivity index (χ0) is 14.7. The third kappa shape index (κ3) is 3.41. The van der Waals surface area contributed by atoms with E-state index in [1.807, 2.05) is 0 Å². The van der Waals surface area contributed by atoms with Gasteiger partial charge < -0.3 is 15.2 Å². The molecule has 3 unspecified atom stereocenters. The third-order valence-corrected chi connectivity index (χ3v) is 4.83. The Morgan fingerprint density at radius 1 is 1.19 bits per heavy atom. The molecule has 1 aromatic carbocycles. The summed E-state index contributed by atoms with van der Waals surface area (Å²) in [5.74, 6) is 0.928. The van der Waals surface area contributed by atoms with Gasteiger partial charge in [-0.25, -0.2) is 0 Å². The Kier molecular flexibility index (Phi) is 4.81. The normalized spacial score (nSPS) is 29.0. The Labute approximate surface area is 127 Å². The van der Waals surface area contributed by atoms with Crippen molar-refractivity contribution in [3.63, 3.8) is 0 Å². The average Bonchev–Trinajstić information content (AvgIpc) is 2.50. The van der Waals surface area contributed by atoms with E-state index in [-0.39, 0.29) is 12.2 Å². The van der Waals surface area contributed by atoms with Gasteiger partial charge in [0.15, 0.2) is 0 Å². The van der Waals surface area contributed by atoms with Gasteiger partial charge in [0.1, 0.15) is 11.9 Å². The van der Waals surface area contributed by atoms with E-state index in [2.05, 4.69) is 30.4 Å². The molecule has 1 aromatic rings. The summed E-state index contributed by atoms with van der Waals surface area (Å²) in [6.45, 7) is 3.17. The number of rotatable bonds is 4. The van der Waals surface area contributed by atoms with Crippen LogP contribution in [0.5, 0.6) is 5.75 Å². The van der Waals surface area contributed by atoms with E-state index in [4.69, 9.17) is 4.74 Å². The summed E-state index contributed by atoms with van der Waals surface area (Å²) in [6, 6.07) is 6.98. The van der Waals surface area contributed by atoms with E-state index in [0.29, 0.717) is 6.04 Å². The molecule has 3 heteroatoms. The lowest BCUT2D eigenvalue weighted by atomic mass is 9.87. The van der Waals surface area contributed by atoms with Crippen LogP contribution in [0.25, 0.3) is 0 Å². The molecule has 116 valence electrons. The molecule has 0 aromatic heterocycles. The predicted octanol–water partition coefficient (Wildman–Crippen LogP) is 3.36. The summed E-state index contributed by atoms with van der Waals surface area (Å²) in [6.07, 6.45) is 7.40. The molecule has 0 heterocycles. The molecule has 2 aliphatic rings. The second-order valence-corrected chi connectivity index (χ2v) is 6.37. The monoisotopic (exact) mass is 289 g/mol. The SMILES string of the molecule is CCNC1CCCc2cc(OC3CCCCC3O)ccc21. The van der Waals surface area contributed by atoms with Gasteiger partial charge in [0.05, 0.1) is 6.10 Å². The van der Waals surface area contributed by atoms with E-state index in [9.17, 15) is 5.11 Å². The lowest BCUT2D eigenvalue weighted by Gasteiger charge is -2.30. The largest absolute Gasteiger partial charge is 0.488 e. The zero-order valence-electron chi connectivity index (χ0n) is 13.0. The summed E-state index contributed by atoms with van der Waals surface area (Å²) in [7, 11) is 0. The number of benzene rings is 1. The van der Waals surface area contributed by atoms with E-state index < -0.39 is 0 Å². The maximum absolute atomic E-state index is 10.0. The van der Waals surface area contributed by atoms with Crippen molar-refractivity contribution >= 4 is 0 Å². The lowest BCUT2D eigenvalue weighted by molar-refractivity contribution is 0.00681. The first-order valence-corrected chi connectivity index (χ1v) is 8.49. The zero-order valence-corrected chi connectivity index (χ0v) is 13.0. The fraction of sp³-hybridized carbons (Fsp3) is 0.667. The van der Waals surface area contributed by atoms with Crippen LogP contribution >= 0.6 is 0 Å². The maximum Gasteiger partial charge on any atom is 0.124 e. The topological polar surface area (TPSA) is 41.5 Å². The molecule has 21 heavy (non-hydrogen) atoms. The van der Waals surface area contributed by atoms with Crippen LogP contribution in [0, 0.1) is 0 Å². The van der Waals surface area contributed by atoms with Crippen LogP contribution in [0.2, 0.25) is 0 Å². The Bertz CT molecular complexity index is 474. The predicted molar refractivity (Wildman–Crippen MR) is 84.7 cm³/mol. The number of hydrogen-bond acceptors (Lipinski definition) is 3. The van der Waals surface area contributed by atoms with Crippen molar-refractivity contribution in [1.82, 2.24) is 5.32 Å². The molecule has 0 bridgehead atoms. The van der Waals surface area contributed by atoms with Gasteiger partial charge in [-0.3, -0.25) is 0 Å². The molecule has 3 nitrogen and oxygen atoms in total. The van der Waals surface area contributed by atoms with Crippen molar-refractivity contribution in [2.75, 3.05) is 6.54 Å². The van der Waals surface area contributed by atoms with Crippen molar-refractivity contribution < 1.29 is 9.84 Å². The highest BCUT2D eigenvalue weighted by atomic mass is 16.5. The van der Waals surface area contributed by atoms with E-state index in [1.165, 1.54) is 24.0 Å². The van der Waals surface area contributed by atoms with Crippen LogP contribution < -0.4 is 10.1 Å². The highest BCUT2D eigenvalue weighted by molar-refractivity contribution is 5.39. The Morgan fingerprint density at radius 2 is 2.05 bits per heavy atom. The highest BCUT2D eigenvalue weighted by Gasteiger charge is 2.25. The second-order valence-electron chi connectivity index (χ2n) is 6.37. The molecule has 0 amide bonds. The Morgan fingerprint density at radius 3 is 2.86 bits per heavy atom. The fourth-order valence-electron chi connectivity index (χ4n) is 3.71. The molecule has 0 saturated heterocycles. The number of aliphatic hydroxyl groups is 1. The smallest absolute Gasteiger partial charge is 0.124 e. The van der Waals surface area contributed by atoms with Crippen LogP contribution in [0.15, 0.2) is 18.2 Å². The average molecular weight is 289 g/mol. The standard InChI is InChI=1S/C18H27NO2/c1-2-19-16-7-5-6-13-12-14(10-11-15(13)16)21-18-9-4-3-8-17(18)20/h10-12,16-20H,2-9H2,1H3.